The normalized spacial score (nSPS) is 33.6. The molecule has 2 aromatic carbocycles. The number of carbonyl (C=O) groups excluding carboxylic acids is 6. The number of nitrogens with zero attached hydrogens (tertiary/aromatic N) is 6. The molecule has 10 aliphatic rings. The summed E-state index contributed by atoms with van der Waals surface area (Å²) in [5, 5.41) is 9.42. The van der Waals surface area contributed by atoms with E-state index < -0.39 is 200 Å². The number of rotatable bonds is 10. The van der Waals surface area contributed by atoms with Gasteiger partial charge in [0.25, 0.3) is 11.8 Å². The van der Waals surface area contributed by atoms with Gasteiger partial charge in [-0.3, -0.25) is 33.5 Å². The third kappa shape index (κ3) is 15.8. The molecule has 107 heavy (non-hydrogen) atoms. The molecule has 3 amide bonds. The number of aromatic nitrogens is 4. The van der Waals surface area contributed by atoms with E-state index in [0.717, 1.165) is 19.3 Å². The molecule has 23 nitrogen and oxygen atoms in total. The molecule has 2 N–H and O–H groups in total. The number of benzene rings is 2. The van der Waals surface area contributed by atoms with Crippen LogP contribution in [-0.2, 0) is 64.9 Å². The number of hydrogen-bond acceptors (Lipinski definition) is 19. The largest absolute Gasteiger partial charge is 0.497 e. The summed E-state index contributed by atoms with van der Waals surface area (Å²) in [5.74, 6) is -16.2. The van der Waals surface area contributed by atoms with Crippen LogP contribution in [0, 0.1) is 81.3 Å². The molecule has 18 atom stereocenters. The van der Waals surface area contributed by atoms with E-state index in [-0.39, 0.29) is 78.8 Å². The van der Waals surface area contributed by atoms with Crippen LogP contribution in [0.3, 0.4) is 0 Å². The van der Waals surface area contributed by atoms with Crippen molar-refractivity contribution < 1.29 is 102 Å². The van der Waals surface area contributed by atoms with Gasteiger partial charge in [0.05, 0.1) is 90.8 Å². The molecule has 6 aliphatic carbocycles. The van der Waals surface area contributed by atoms with Crippen LogP contribution in [-0.4, -0.2) is 160 Å². The Morgan fingerprint density at radius 2 is 1.05 bits per heavy atom. The van der Waals surface area contributed by atoms with Crippen molar-refractivity contribution in [3.05, 3.63) is 47.8 Å². The lowest BCUT2D eigenvalue weighted by Crippen LogP contribution is -2.50. The monoisotopic (exact) mass is 1520 g/mol. The molecule has 0 radical (unpaired) electrons. The van der Waals surface area contributed by atoms with E-state index in [9.17, 15) is 55.9 Å². The second-order valence-corrected chi connectivity index (χ2v) is 36.1. The van der Waals surface area contributed by atoms with Crippen molar-refractivity contribution in [2.75, 3.05) is 27.3 Å². The zero-order valence-electron chi connectivity index (χ0n) is 62.0. The van der Waals surface area contributed by atoms with Crippen LogP contribution in [0.1, 0.15) is 182 Å². The Labute approximate surface area is 617 Å². The van der Waals surface area contributed by atoms with Crippen molar-refractivity contribution in [1.29, 1.82) is 0 Å². The lowest BCUT2D eigenvalue weighted by Gasteiger charge is -2.35. The summed E-state index contributed by atoms with van der Waals surface area (Å²) in [5.41, 5.74) is -4.12. The molecule has 6 saturated carbocycles. The first-order chi connectivity index (χ1) is 50.3. The Hall–Kier alpha value is -7.66. The number of carbonyl (C=O) groups is 7. The summed E-state index contributed by atoms with van der Waals surface area (Å²) in [6.07, 6.45) is -2.20. The molecule has 4 aliphatic heterocycles. The number of ether oxygens (including phenoxy) is 6. The van der Waals surface area contributed by atoms with Gasteiger partial charge < -0.3 is 43.3 Å². The molecule has 4 bridgehead atoms. The lowest BCUT2D eigenvalue weighted by atomic mass is 9.77. The van der Waals surface area contributed by atoms with Gasteiger partial charge >= 0.3 is 17.9 Å². The Balaban J connectivity index is 0.000000197. The maximum atomic E-state index is 16.5. The number of ketones is 1. The maximum Gasteiger partial charge on any atom is 0.326 e. The molecule has 0 unspecified atom stereocenters. The second kappa shape index (κ2) is 29.0. The standard InChI is InChI=1S/C43H54F4N4O9S.C34H43F2N3O7/c1-21-33-20-51(35(21)31(52)19-42(18-28(42)37(44)45)40(55)50-61(56,57)24-10-11-24)39(54)27(41(2,3)4)17-34(53)59-32-15-22-14-26(22)25(32)8-6-7-13-43(46,47)36-38(60-33)49-30-16-23(58-5)9-12-29(30)48-36;1-17-26-16-39(28(17)32(42)43)31(41)22(33(2,3)4)15-27(40)45-25-13-18-12-21(18)20(25)8-6-7-11-34(35,36)29-30(46-26)38-24-14-19(44-5)9-10-23(24)37-29/h9,12,16,21-22,24-28,32-33,35,37H,6-8,10-11,13-15,17-20H2,1-5H3,(H,50,55);9-10,14,17-18,20-22,25-26,28H,6-8,11-13,15-16H2,1-5H3,(H,42,43)/t21-,22+,25-,26+,27-,28+,32-,33+,35+,42-;17-,18+,20-,21+,22-,25-,26+,28+/m11/s1. The molecule has 8 fully saturated rings. The summed E-state index contributed by atoms with van der Waals surface area (Å²) >= 11 is 0. The predicted octanol–water partition coefficient (Wildman–Crippen LogP) is 12.0. The highest BCUT2D eigenvalue weighted by atomic mass is 32.2. The summed E-state index contributed by atoms with van der Waals surface area (Å²) in [6.45, 7) is 13.4. The number of fused-ring (bicyclic) bond motifs is 14. The van der Waals surface area contributed by atoms with Crippen LogP contribution < -0.4 is 23.7 Å². The third-order valence-corrected chi connectivity index (χ3v) is 26.7. The van der Waals surface area contributed by atoms with Gasteiger partial charge in [-0.15, -0.1) is 0 Å². The number of halogens is 6. The molecular weight excluding hydrogens is 1420 g/mol. The minimum Gasteiger partial charge on any atom is -0.497 e. The number of alkyl halides is 6. The van der Waals surface area contributed by atoms with Gasteiger partial charge in [0.15, 0.2) is 17.2 Å². The number of esters is 2. The summed E-state index contributed by atoms with van der Waals surface area (Å²) in [7, 11) is -1.25. The maximum absolute atomic E-state index is 16.5. The summed E-state index contributed by atoms with van der Waals surface area (Å²) in [4.78, 5) is 117. The van der Waals surface area contributed by atoms with Crippen LogP contribution >= 0.6 is 0 Å². The predicted molar refractivity (Wildman–Crippen MR) is 373 cm³/mol. The van der Waals surface area contributed by atoms with Crippen molar-refractivity contribution in [3.8, 4) is 23.3 Å². The third-order valence-electron chi connectivity index (χ3n) is 24.8. The Morgan fingerprint density at radius 1 is 0.607 bits per heavy atom. The second-order valence-electron chi connectivity index (χ2n) is 34.1. The topological polar surface area (TPSA) is 299 Å². The van der Waals surface area contributed by atoms with Crippen LogP contribution in [0.4, 0.5) is 26.3 Å². The van der Waals surface area contributed by atoms with E-state index >= 15 is 17.6 Å². The van der Waals surface area contributed by atoms with E-state index in [4.69, 9.17) is 28.4 Å². The zero-order chi connectivity index (χ0) is 77.1. The SMILES string of the molecule is COc1ccc2nc3c(nc2c1)O[C@H]1CN(C(=O)[C@H](C(C)(C)C)CC(=O)O[C@@H]2C[C@@H]4C[C@@H]4[C@H]2CCCCC3(F)F)[C@H](C(=O)C[C@]2(C(=O)NS(=O)(=O)C3CC3)C[C@H]2C(F)F)[C@@H]1C.COc1ccc2nc3c(nc2c1)O[C@H]1CN(C(=O)[C@H](C(C)(C)C)CC(=O)O[C@@H]2C[C@@H]4C[C@@H]4[C@H]2CCCCC3(F)F)[C@H](C(=O)O)[C@@H]1C. The van der Waals surface area contributed by atoms with E-state index in [1.54, 1.807) is 58.9 Å². The minimum atomic E-state index is -4.17. The molecule has 2 saturated heterocycles. The number of hydrogen-bond donors (Lipinski definition) is 2. The van der Waals surface area contributed by atoms with Crippen LogP contribution in [0.2, 0.25) is 0 Å². The Kier molecular flexibility index (Phi) is 21.0. The van der Waals surface area contributed by atoms with Crippen LogP contribution in [0.15, 0.2) is 36.4 Å². The first-order valence-electron chi connectivity index (χ1n) is 37.7. The number of carboxylic acid groups (broad SMARTS) is 1. The molecular formula is C77H97F6N7O16S. The highest BCUT2D eigenvalue weighted by Crippen LogP contribution is 2.61. The molecule has 0 spiro atoms. The van der Waals surface area contributed by atoms with Gasteiger partial charge in [-0.25, -0.2) is 41.9 Å². The number of methoxy groups -OCH3 is 2. The smallest absolute Gasteiger partial charge is 0.326 e. The fourth-order valence-electron chi connectivity index (χ4n) is 18.1. The van der Waals surface area contributed by atoms with E-state index in [0.29, 0.717) is 80.1 Å². The first kappa shape index (κ1) is 77.5. The van der Waals surface area contributed by atoms with Crippen molar-refractivity contribution >= 4 is 73.5 Å². The van der Waals surface area contributed by atoms with Gasteiger partial charge in [0.2, 0.25) is 45.9 Å². The van der Waals surface area contributed by atoms with E-state index in [1.165, 1.54) is 36.2 Å². The highest BCUT2D eigenvalue weighted by molar-refractivity contribution is 7.91. The van der Waals surface area contributed by atoms with Crippen molar-refractivity contribution in [2.24, 2.45) is 81.3 Å². The van der Waals surface area contributed by atoms with Gasteiger partial charge in [0.1, 0.15) is 42.0 Å². The Bertz CT molecular complexity index is 4270. The van der Waals surface area contributed by atoms with Gasteiger partial charge in [-0.05, 0) is 141 Å². The molecule has 30 heteroatoms. The molecule has 4 aromatic rings. The zero-order valence-corrected chi connectivity index (χ0v) is 62.8. The van der Waals surface area contributed by atoms with Crippen molar-refractivity contribution in [3.63, 3.8) is 0 Å². The molecule has 6 heterocycles. The number of Topliss-reactive ketones (excluding diaryl/α,β-unsaturated/α-hetero) is 1. The van der Waals surface area contributed by atoms with Crippen LogP contribution in [0.25, 0.3) is 22.1 Å². The minimum absolute atomic E-state index is 0.00922. The fraction of sp³-hybridized carbons (Fsp3) is 0.701. The number of amides is 3. The average molecular weight is 1520 g/mol. The van der Waals surface area contributed by atoms with Crippen molar-refractivity contribution in [1.82, 2.24) is 34.5 Å². The molecule has 14 rings (SSSR count). The van der Waals surface area contributed by atoms with Gasteiger partial charge in [-0.1, -0.05) is 68.2 Å². The lowest BCUT2D eigenvalue weighted by molar-refractivity contribution is -0.160. The van der Waals surface area contributed by atoms with E-state index in [1.807, 2.05) is 25.5 Å². The first-order valence-corrected chi connectivity index (χ1v) is 39.3. The summed E-state index contributed by atoms with van der Waals surface area (Å²) < 4.78 is 157. The number of carboxylic acids is 1. The van der Waals surface area contributed by atoms with Crippen LogP contribution in [0.5, 0.6) is 23.3 Å². The average Bonchev–Trinajstić information content (AvgIpc) is 1.41. The van der Waals surface area contributed by atoms with Crippen molar-refractivity contribution in [2.45, 2.75) is 231 Å². The van der Waals surface area contributed by atoms with Gasteiger partial charge in [0, 0.05) is 49.1 Å². The quantitative estimate of drug-likeness (QED) is 0.110. The van der Waals surface area contributed by atoms with E-state index in [2.05, 4.69) is 19.9 Å². The molecule has 584 valence electrons. The Morgan fingerprint density at radius 3 is 1.45 bits per heavy atom. The fourth-order valence-corrected chi connectivity index (χ4v) is 19.5. The number of sulfonamides is 1. The molecule has 2 aromatic heterocycles. The number of aliphatic carboxylic acids is 1. The van der Waals surface area contributed by atoms with Gasteiger partial charge in [-0.2, -0.15) is 17.6 Å². The summed E-state index contributed by atoms with van der Waals surface area (Å²) in [6, 6.07) is 6.57. The number of nitrogens with one attached hydrogen (secondary N) is 1. The highest BCUT2D eigenvalue weighted by Gasteiger charge is 2.67.